The van der Waals surface area contributed by atoms with Crippen molar-refractivity contribution < 1.29 is 8.83 Å². The van der Waals surface area contributed by atoms with Gasteiger partial charge in [0.2, 0.25) is 23.0 Å². The lowest BCUT2D eigenvalue weighted by Gasteiger charge is -2.10. The molecule has 384 valence electrons. The monoisotopic (exact) mass is 1070 g/mol. The van der Waals surface area contributed by atoms with Crippen LogP contribution < -0.4 is 0 Å². The standard InChI is InChI=1S/C34H21N5O.C20H13NO.C15H10ClN3/c1-4-12-22(13-5-1)31-36-32(23-14-6-2-7-15-23)38-34(37-31)39-27-19-11-10-18-25(27)29-28(39)21-20-26-30(29)40-33(35-26)24-16-8-3-9-17-24;1-2-6-13(7-3-1)20-21-17-11-10-15-12-14-8-4-5-9-16(14)18(15)19(17)22-20;16-15-18-13(11-7-3-1-4-8-11)17-14(19-15)12-9-5-2-6-10-12/h1-21H;1-11H,12H2;1-10H. The highest BCUT2D eigenvalue weighted by atomic mass is 35.5. The van der Waals surface area contributed by atoms with E-state index in [0.717, 1.165) is 83.8 Å². The SMILES string of the molecule is Clc1nc(-c2ccccc2)nc(-c2ccccc2)n1.c1ccc(-c2nc(-c3ccccc3)nc(-n3c4ccccc4c4c5oc(-c6ccccc6)nc5ccc43)n2)cc1.c1ccc(-c2nc3ccc4c(c3o2)-c2ccccc2C4)cc1. The number of halogens is 1. The number of para-hydroxylation sites is 1. The van der Waals surface area contributed by atoms with Crippen molar-refractivity contribution in [3.05, 3.63) is 271 Å². The molecule has 0 bridgehead atoms. The van der Waals surface area contributed by atoms with Gasteiger partial charge in [-0.15, -0.1) is 0 Å². The first-order valence-electron chi connectivity index (χ1n) is 26.4. The Morgan fingerprint density at radius 1 is 0.333 bits per heavy atom. The smallest absolute Gasteiger partial charge is 0.238 e. The number of rotatable bonds is 7. The maximum absolute atomic E-state index is 6.43. The Bertz CT molecular complexity index is 4610. The van der Waals surface area contributed by atoms with Gasteiger partial charge in [0.15, 0.2) is 34.5 Å². The van der Waals surface area contributed by atoms with Crippen LogP contribution in [0.15, 0.2) is 264 Å². The predicted molar refractivity (Wildman–Crippen MR) is 321 cm³/mol. The Morgan fingerprint density at radius 3 is 1.28 bits per heavy atom. The van der Waals surface area contributed by atoms with Crippen molar-refractivity contribution in [2.45, 2.75) is 6.42 Å². The molecule has 0 fully saturated rings. The summed E-state index contributed by atoms with van der Waals surface area (Å²) in [6, 6.07) is 84.6. The van der Waals surface area contributed by atoms with Crippen LogP contribution in [0.25, 0.3) is 130 Å². The number of oxazole rings is 2. The van der Waals surface area contributed by atoms with E-state index in [1.165, 1.54) is 22.3 Å². The first kappa shape index (κ1) is 48.6. The van der Waals surface area contributed by atoms with Crippen LogP contribution in [0.2, 0.25) is 5.28 Å². The quantitative estimate of drug-likeness (QED) is 0.152. The zero-order valence-corrected chi connectivity index (χ0v) is 43.9. The van der Waals surface area contributed by atoms with Crippen LogP contribution >= 0.6 is 11.6 Å². The number of aromatic nitrogens is 9. The third-order valence-electron chi connectivity index (χ3n) is 14.1. The summed E-state index contributed by atoms with van der Waals surface area (Å²) in [6.45, 7) is 0. The minimum Gasteiger partial charge on any atom is -0.435 e. The van der Waals surface area contributed by atoms with E-state index in [-0.39, 0.29) is 5.28 Å². The first-order valence-corrected chi connectivity index (χ1v) is 26.8. The van der Waals surface area contributed by atoms with Gasteiger partial charge in [-0.25, -0.2) is 19.9 Å². The van der Waals surface area contributed by atoms with E-state index in [2.05, 4.69) is 79.1 Å². The molecule has 5 aromatic heterocycles. The molecule has 1 aliphatic rings. The van der Waals surface area contributed by atoms with Crippen LogP contribution in [0.4, 0.5) is 0 Å². The first-order chi connectivity index (χ1) is 40.1. The molecule has 0 atom stereocenters. The van der Waals surface area contributed by atoms with Gasteiger partial charge in [0, 0.05) is 44.3 Å². The fourth-order valence-electron chi connectivity index (χ4n) is 10.3. The largest absolute Gasteiger partial charge is 0.435 e. The molecule has 11 nitrogen and oxygen atoms in total. The van der Waals surface area contributed by atoms with Crippen molar-refractivity contribution >= 4 is 55.6 Å². The fraction of sp³-hybridized carbons (Fsp3) is 0.0145. The van der Waals surface area contributed by atoms with Crippen molar-refractivity contribution in [1.29, 1.82) is 0 Å². The van der Waals surface area contributed by atoms with Gasteiger partial charge in [-0.2, -0.15) is 19.9 Å². The Hall–Kier alpha value is -10.8. The van der Waals surface area contributed by atoms with Gasteiger partial charge < -0.3 is 8.83 Å². The van der Waals surface area contributed by atoms with E-state index in [4.69, 9.17) is 40.4 Å². The molecule has 0 saturated heterocycles. The van der Waals surface area contributed by atoms with Crippen molar-refractivity contribution in [2.75, 3.05) is 0 Å². The summed E-state index contributed by atoms with van der Waals surface area (Å²) in [5.74, 6) is 4.22. The lowest BCUT2D eigenvalue weighted by atomic mass is 10.1. The third-order valence-corrected chi connectivity index (χ3v) is 14.3. The Balaban J connectivity index is 0.000000121. The number of benzene rings is 10. The highest BCUT2D eigenvalue weighted by Gasteiger charge is 2.25. The van der Waals surface area contributed by atoms with E-state index < -0.39 is 0 Å². The molecular weight excluding hydrogens is 1020 g/mol. The molecule has 0 aliphatic heterocycles. The van der Waals surface area contributed by atoms with E-state index in [9.17, 15) is 0 Å². The Morgan fingerprint density at radius 2 is 0.753 bits per heavy atom. The third kappa shape index (κ3) is 9.53. The Kier molecular flexibility index (Phi) is 12.7. The van der Waals surface area contributed by atoms with Gasteiger partial charge in [-0.05, 0) is 83.2 Å². The summed E-state index contributed by atoms with van der Waals surface area (Å²) in [5.41, 5.74) is 16.1. The minimum absolute atomic E-state index is 0.202. The zero-order chi connectivity index (χ0) is 54.1. The maximum Gasteiger partial charge on any atom is 0.238 e. The molecular formula is C69H44ClN9O2. The van der Waals surface area contributed by atoms with Crippen LogP contribution in [0.1, 0.15) is 11.1 Å². The second kappa shape index (κ2) is 21.2. The van der Waals surface area contributed by atoms with E-state index in [0.29, 0.717) is 41.0 Å². The second-order valence-corrected chi connectivity index (χ2v) is 19.5. The molecule has 0 radical (unpaired) electrons. The van der Waals surface area contributed by atoms with Crippen molar-refractivity contribution in [3.63, 3.8) is 0 Å². The summed E-state index contributed by atoms with van der Waals surface area (Å²) < 4.78 is 14.7. The molecule has 12 heteroatoms. The van der Waals surface area contributed by atoms with Gasteiger partial charge in [0.05, 0.1) is 16.4 Å². The van der Waals surface area contributed by atoms with Gasteiger partial charge in [-0.3, -0.25) is 4.57 Å². The van der Waals surface area contributed by atoms with Crippen molar-refractivity contribution in [2.24, 2.45) is 0 Å². The van der Waals surface area contributed by atoms with Crippen LogP contribution in [-0.4, -0.2) is 44.4 Å². The molecule has 0 spiro atoms. The molecule has 15 aromatic rings. The molecule has 16 rings (SSSR count). The average Bonchev–Trinajstić information content (AvgIpc) is 3.44. The highest BCUT2D eigenvalue weighted by molar-refractivity contribution is 6.28. The molecule has 5 heterocycles. The maximum atomic E-state index is 6.43. The number of hydrogen-bond acceptors (Lipinski definition) is 10. The summed E-state index contributed by atoms with van der Waals surface area (Å²) >= 11 is 5.99. The number of hydrogen-bond donors (Lipinski definition) is 0. The molecule has 10 aromatic carbocycles. The van der Waals surface area contributed by atoms with Gasteiger partial charge in [-0.1, -0.05) is 206 Å². The fourth-order valence-corrected chi connectivity index (χ4v) is 10.5. The minimum atomic E-state index is 0.202. The zero-order valence-electron chi connectivity index (χ0n) is 43.2. The molecule has 0 amide bonds. The molecule has 0 unspecified atom stereocenters. The number of nitrogens with zero attached hydrogens (tertiary/aromatic N) is 9. The lowest BCUT2D eigenvalue weighted by Crippen LogP contribution is -2.06. The lowest BCUT2D eigenvalue weighted by molar-refractivity contribution is 0.620. The molecule has 0 N–H and O–H groups in total. The summed E-state index contributed by atoms with van der Waals surface area (Å²) in [4.78, 5) is 37.2. The van der Waals surface area contributed by atoms with Crippen LogP contribution in [0.5, 0.6) is 0 Å². The van der Waals surface area contributed by atoms with Crippen molar-refractivity contribution in [1.82, 2.24) is 44.4 Å². The van der Waals surface area contributed by atoms with Crippen molar-refractivity contribution in [3.8, 4) is 85.5 Å². The van der Waals surface area contributed by atoms with E-state index in [1.807, 2.05) is 200 Å². The second-order valence-electron chi connectivity index (χ2n) is 19.2. The topological polar surface area (TPSA) is 134 Å². The Labute approximate surface area is 469 Å². The molecule has 1 aliphatic carbocycles. The van der Waals surface area contributed by atoms with Gasteiger partial charge in [0.1, 0.15) is 11.0 Å². The molecule has 81 heavy (non-hydrogen) atoms. The van der Waals surface area contributed by atoms with E-state index >= 15 is 0 Å². The van der Waals surface area contributed by atoms with Crippen LogP contribution in [0.3, 0.4) is 0 Å². The van der Waals surface area contributed by atoms with Gasteiger partial charge >= 0.3 is 0 Å². The normalized spacial score (nSPS) is 11.5. The number of fused-ring (bicyclic) bond motifs is 10. The summed E-state index contributed by atoms with van der Waals surface area (Å²) in [5, 5.41) is 2.22. The molecule has 0 saturated carbocycles. The van der Waals surface area contributed by atoms with Gasteiger partial charge in [0.25, 0.3) is 0 Å². The summed E-state index contributed by atoms with van der Waals surface area (Å²) in [6.07, 6.45) is 0.975. The van der Waals surface area contributed by atoms with E-state index in [1.54, 1.807) is 0 Å². The predicted octanol–water partition coefficient (Wildman–Crippen LogP) is 17.0. The van der Waals surface area contributed by atoms with Crippen LogP contribution in [-0.2, 0) is 6.42 Å². The highest BCUT2D eigenvalue weighted by Crippen LogP contribution is 2.43. The van der Waals surface area contributed by atoms with Crippen LogP contribution in [0, 0.1) is 0 Å². The average molecular weight is 1070 g/mol. The summed E-state index contributed by atoms with van der Waals surface area (Å²) in [7, 11) is 0.